The van der Waals surface area contributed by atoms with Crippen molar-refractivity contribution in [1.29, 1.82) is 0 Å². The monoisotopic (exact) mass is 286 g/mol. The molecule has 1 rings (SSSR count). The fourth-order valence-corrected chi connectivity index (χ4v) is 1.65. The second-order valence-electron chi connectivity index (χ2n) is 3.82. The van der Waals surface area contributed by atoms with Gasteiger partial charge < -0.3 is 10.5 Å². The number of carbonyl (C=O) groups is 1. The van der Waals surface area contributed by atoms with Crippen LogP contribution in [0.2, 0.25) is 0 Å². The van der Waals surface area contributed by atoms with Crippen LogP contribution in [0.15, 0.2) is 24.3 Å². The summed E-state index contributed by atoms with van der Waals surface area (Å²) in [4.78, 5) is 11.3. The predicted octanol–water partition coefficient (Wildman–Crippen LogP) is 1.38. The molecule has 0 spiro atoms. The zero-order valence-electron chi connectivity index (χ0n) is 9.29. The van der Waals surface area contributed by atoms with Crippen LogP contribution in [-0.2, 0) is 11.2 Å². The van der Waals surface area contributed by atoms with Crippen LogP contribution in [-0.4, -0.2) is 18.6 Å². The minimum Gasteiger partial charge on any atom is -0.497 e. The van der Waals surface area contributed by atoms with Crippen molar-refractivity contribution in [2.24, 2.45) is 5.73 Å². The maximum Gasteiger partial charge on any atom is 0.238 e. The van der Waals surface area contributed by atoms with E-state index in [1.807, 2.05) is 24.3 Å². The van der Waals surface area contributed by atoms with E-state index in [4.69, 9.17) is 10.5 Å². The number of amides is 1. The Balaban J connectivity index is 2.82. The van der Waals surface area contributed by atoms with Gasteiger partial charge in [-0.25, -0.2) is 4.34 Å². The van der Waals surface area contributed by atoms with E-state index in [0.29, 0.717) is 6.42 Å². The second kappa shape index (κ2) is 5.32. The summed E-state index contributed by atoms with van der Waals surface area (Å²) < 4.78 is 7.82. The number of ether oxygens (including phenoxy) is 1. The van der Waals surface area contributed by atoms with E-state index in [9.17, 15) is 4.79 Å². The van der Waals surface area contributed by atoms with Gasteiger partial charge in [0.05, 0.1) is 7.11 Å². The molecule has 1 aromatic rings. The Bertz CT molecular complexity index is 367. The summed E-state index contributed by atoms with van der Waals surface area (Å²) >= 11 is 3.08. The van der Waals surface area contributed by atoms with Gasteiger partial charge >= 0.3 is 0 Å². The van der Waals surface area contributed by atoms with Gasteiger partial charge in [0.1, 0.15) is 11.3 Å². The molecular weight excluding hydrogens is 272 g/mol. The van der Waals surface area contributed by atoms with Gasteiger partial charge in [0.2, 0.25) is 5.91 Å². The number of rotatable bonds is 5. The molecule has 3 N–H and O–H groups in total. The molecule has 0 aliphatic heterocycles. The van der Waals surface area contributed by atoms with Crippen molar-refractivity contribution in [3.05, 3.63) is 29.8 Å². The standard InChI is InChI=1S/C11H15BrN2O2/c1-11(14-12,10(13)15)7-8-3-5-9(16-2)6-4-8/h3-6,14H,7H2,1-2H3,(H2,13,15)/t11-/m0/s1. The summed E-state index contributed by atoms with van der Waals surface area (Å²) in [5.74, 6) is 0.386. The van der Waals surface area contributed by atoms with Crippen LogP contribution in [0.4, 0.5) is 0 Å². The van der Waals surface area contributed by atoms with Crippen LogP contribution >= 0.6 is 16.1 Å². The predicted molar refractivity (Wildman–Crippen MR) is 66.4 cm³/mol. The van der Waals surface area contributed by atoms with Crippen LogP contribution in [0, 0.1) is 0 Å². The van der Waals surface area contributed by atoms with E-state index >= 15 is 0 Å². The number of carbonyl (C=O) groups excluding carboxylic acids is 1. The van der Waals surface area contributed by atoms with Crippen LogP contribution < -0.4 is 14.8 Å². The summed E-state index contributed by atoms with van der Waals surface area (Å²) in [5.41, 5.74) is 5.54. The first-order valence-electron chi connectivity index (χ1n) is 4.82. The molecular formula is C11H15BrN2O2. The molecule has 0 aliphatic carbocycles. The number of nitrogens with one attached hydrogen (secondary N) is 1. The van der Waals surface area contributed by atoms with Gasteiger partial charge in [-0.15, -0.1) is 0 Å². The fraction of sp³-hybridized carbons (Fsp3) is 0.364. The molecule has 0 aromatic heterocycles. The van der Waals surface area contributed by atoms with Crippen molar-refractivity contribution in [3.8, 4) is 5.75 Å². The van der Waals surface area contributed by atoms with E-state index in [-0.39, 0.29) is 0 Å². The number of benzene rings is 1. The lowest BCUT2D eigenvalue weighted by Crippen LogP contribution is -2.50. The Kier molecular flexibility index (Phi) is 4.32. The molecule has 1 aromatic carbocycles. The molecule has 5 heteroatoms. The lowest BCUT2D eigenvalue weighted by atomic mass is 9.93. The normalized spacial score (nSPS) is 14.2. The molecule has 0 saturated heterocycles. The van der Waals surface area contributed by atoms with Crippen LogP contribution in [0.5, 0.6) is 5.75 Å². The Morgan fingerprint density at radius 3 is 2.44 bits per heavy atom. The van der Waals surface area contributed by atoms with Gasteiger partial charge in [0.15, 0.2) is 0 Å². The van der Waals surface area contributed by atoms with Crippen molar-refractivity contribution in [3.63, 3.8) is 0 Å². The lowest BCUT2D eigenvalue weighted by molar-refractivity contribution is -0.122. The summed E-state index contributed by atoms with van der Waals surface area (Å²) in [6, 6.07) is 7.52. The van der Waals surface area contributed by atoms with E-state index < -0.39 is 11.4 Å². The zero-order chi connectivity index (χ0) is 12.2. The Morgan fingerprint density at radius 2 is 2.06 bits per heavy atom. The lowest BCUT2D eigenvalue weighted by Gasteiger charge is -2.24. The molecule has 0 bridgehead atoms. The Labute approximate surface area is 103 Å². The van der Waals surface area contributed by atoms with Gasteiger partial charge in [0, 0.05) is 22.6 Å². The molecule has 0 radical (unpaired) electrons. The summed E-state index contributed by atoms with van der Waals surface area (Å²) in [6.07, 6.45) is 0.511. The van der Waals surface area contributed by atoms with Crippen molar-refractivity contribution in [1.82, 2.24) is 4.34 Å². The van der Waals surface area contributed by atoms with E-state index in [1.54, 1.807) is 14.0 Å². The maximum atomic E-state index is 11.3. The van der Waals surface area contributed by atoms with Crippen molar-refractivity contribution in [2.75, 3.05) is 7.11 Å². The first kappa shape index (κ1) is 13.0. The molecule has 0 heterocycles. The van der Waals surface area contributed by atoms with Crippen LogP contribution in [0.25, 0.3) is 0 Å². The highest BCUT2D eigenvalue weighted by Gasteiger charge is 2.29. The summed E-state index contributed by atoms with van der Waals surface area (Å²) in [6.45, 7) is 1.74. The van der Waals surface area contributed by atoms with E-state index in [1.165, 1.54) is 0 Å². The summed E-state index contributed by atoms with van der Waals surface area (Å²) in [5, 5.41) is 0. The van der Waals surface area contributed by atoms with Crippen molar-refractivity contribution < 1.29 is 9.53 Å². The van der Waals surface area contributed by atoms with E-state index in [0.717, 1.165) is 11.3 Å². The molecule has 1 amide bonds. The maximum absolute atomic E-state index is 11.3. The van der Waals surface area contributed by atoms with Gasteiger partial charge in [-0.3, -0.25) is 4.79 Å². The van der Waals surface area contributed by atoms with Crippen LogP contribution in [0.1, 0.15) is 12.5 Å². The number of hydrogen-bond donors (Lipinski definition) is 2. The number of methoxy groups -OCH3 is 1. The number of hydrogen-bond acceptors (Lipinski definition) is 3. The Morgan fingerprint density at radius 1 is 1.50 bits per heavy atom. The Hall–Kier alpha value is -1.07. The third kappa shape index (κ3) is 2.96. The average Bonchev–Trinajstić information content (AvgIpc) is 2.29. The molecule has 16 heavy (non-hydrogen) atoms. The zero-order valence-corrected chi connectivity index (χ0v) is 10.9. The molecule has 0 saturated carbocycles. The molecule has 0 fully saturated rings. The topological polar surface area (TPSA) is 64.3 Å². The van der Waals surface area contributed by atoms with Crippen molar-refractivity contribution >= 4 is 22.1 Å². The first-order valence-corrected chi connectivity index (χ1v) is 5.62. The summed E-state index contributed by atoms with van der Waals surface area (Å²) in [7, 11) is 1.61. The van der Waals surface area contributed by atoms with Crippen molar-refractivity contribution in [2.45, 2.75) is 18.9 Å². The highest BCUT2D eigenvalue weighted by molar-refractivity contribution is 9.08. The molecule has 0 aliphatic rings. The third-order valence-electron chi connectivity index (χ3n) is 2.47. The molecule has 4 nitrogen and oxygen atoms in total. The number of primary amides is 1. The second-order valence-corrected chi connectivity index (χ2v) is 4.21. The van der Waals surface area contributed by atoms with Gasteiger partial charge in [-0.1, -0.05) is 12.1 Å². The first-order chi connectivity index (χ1) is 7.51. The number of halogens is 1. The highest BCUT2D eigenvalue weighted by atomic mass is 79.9. The minimum atomic E-state index is -0.797. The van der Waals surface area contributed by atoms with E-state index in [2.05, 4.69) is 20.5 Å². The quantitative estimate of drug-likeness (QED) is 0.804. The molecule has 0 unspecified atom stereocenters. The van der Waals surface area contributed by atoms with Gasteiger partial charge in [0.25, 0.3) is 0 Å². The fourth-order valence-electron chi connectivity index (χ4n) is 1.32. The molecule has 1 atom stereocenters. The minimum absolute atomic E-state index is 0.403. The number of nitrogens with two attached hydrogens (primary N) is 1. The average molecular weight is 287 g/mol. The largest absolute Gasteiger partial charge is 0.497 e. The van der Waals surface area contributed by atoms with Gasteiger partial charge in [-0.2, -0.15) is 0 Å². The van der Waals surface area contributed by atoms with Gasteiger partial charge in [-0.05, 0) is 24.6 Å². The van der Waals surface area contributed by atoms with Crippen LogP contribution in [0.3, 0.4) is 0 Å². The third-order valence-corrected chi connectivity index (χ3v) is 3.34. The molecule has 88 valence electrons. The SMILES string of the molecule is COc1ccc(C[C@](C)(NBr)C(N)=O)cc1. The smallest absolute Gasteiger partial charge is 0.238 e. The highest BCUT2D eigenvalue weighted by Crippen LogP contribution is 2.17.